The van der Waals surface area contributed by atoms with E-state index >= 15 is 0 Å². The summed E-state index contributed by atoms with van der Waals surface area (Å²) >= 11 is 6.10. The number of benzene rings is 2. The van der Waals surface area contributed by atoms with Gasteiger partial charge in [0.1, 0.15) is 10.9 Å². The van der Waals surface area contributed by atoms with Gasteiger partial charge in [0, 0.05) is 24.3 Å². The van der Waals surface area contributed by atoms with Crippen LogP contribution < -0.4 is 10.6 Å². The van der Waals surface area contributed by atoms with E-state index in [9.17, 15) is 18.0 Å². The fourth-order valence-corrected chi connectivity index (χ4v) is 4.63. The second-order valence-electron chi connectivity index (χ2n) is 6.28. The molecule has 0 fully saturated rings. The van der Waals surface area contributed by atoms with E-state index in [-0.39, 0.29) is 21.5 Å². The molecular weight excluding hydrogens is 414 g/mol. The fourth-order valence-electron chi connectivity index (χ4n) is 2.67. The second-order valence-corrected chi connectivity index (χ2v) is 8.60. The Morgan fingerprint density at radius 3 is 2.28 bits per heavy atom. The monoisotopic (exact) mass is 437 g/mol. The van der Waals surface area contributed by atoms with Gasteiger partial charge in [-0.15, -0.1) is 0 Å². The zero-order valence-electron chi connectivity index (χ0n) is 16.5. The average molecular weight is 438 g/mol. The number of nitrogens with one attached hydrogen (secondary N) is 2. The lowest BCUT2D eigenvalue weighted by atomic mass is 10.2. The second kappa shape index (κ2) is 9.87. The number of sulfonamides is 1. The molecule has 1 atom stereocenters. The Kier molecular flexibility index (Phi) is 7.78. The van der Waals surface area contributed by atoms with Crippen LogP contribution in [0.15, 0.2) is 53.4 Å². The Morgan fingerprint density at radius 2 is 1.69 bits per heavy atom. The summed E-state index contributed by atoms with van der Waals surface area (Å²) in [4.78, 5) is 24.6. The molecule has 1 unspecified atom stereocenters. The van der Waals surface area contributed by atoms with Crippen molar-refractivity contribution < 1.29 is 18.0 Å². The predicted octanol–water partition coefficient (Wildman–Crippen LogP) is 3.13. The maximum Gasteiger partial charge on any atom is 0.251 e. The smallest absolute Gasteiger partial charge is 0.251 e. The predicted molar refractivity (Wildman–Crippen MR) is 114 cm³/mol. The maximum atomic E-state index is 12.8. The van der Waals surface area contributed by atoms with Gasteiger partial charge in [-0.25, -0.2) is 8.42 Å². The van der Waals surface area contributed by atoms with Crippen molar-refractivity contribution in [3.05, 3.63) is 59.1 Å². The Bertz CT molecular complexity index is 976. The minimum Gasteiger partial charge on any atom is -0.341 e. The quantitative estimate of drug-likeness (QED) is 0.663. The van der Waals surface area contributed by atoms with Crippen molar-refractivity contribution in [2.75, 3.05) is 18.4 Å². The highest BCUT2D eigenvalue weighted by molar-refractivity contribution is 7.89. The highest BCUT2D eigenvalue weighted by Crippen LogP contribution is 2.27. The van der Waals surface area contributed by atoms with Crippen LogP contribution in [-0.4, -0.2) is 43.7 Å². The van der Waals surface area contributed by atoms with E-state index < -0.39 is 22.0 Å². The van der Waals surface area contributed by atoms with Crippen LogP contribution in [0.4, 0.5) is 5.69 Å². The van der Waals surface area contributed by atoms with E-state index in [1.165, 1.54) is 22.5 Å². The molecule has 2 aromatic rings. The summed E-state index contributed by atoms with van der Waals surface area (Å²) in [7, 11) is -3.79. The minimum absolute atomic E-state index is 0.0697. The normalized spacial score (nSPS) is 12.4. The van der Waals surface area contributed by atoms with Crippen LogP contribution >= 0.6 is 11.6 Å². The van der Waals surface area contributed by atoms with Gasteiger partial charge in [0.25, 0.3) is 5.91 Å². The number of carbonyl (C=O) groups excluding carboxylic acids is 2. The lowest BCUT2D eigenvalue weighted by Crippen LogP contribution is -2.41. The van der Waals surface area contributed by atoms with E-state index in [4.69, 9.17) is 11.6 Å². The zero-order chi connectivity index (χ0) is 21.6. The van der Waals surface area contributed by atoms with Crippen molar-refractivity contribution in [1.29, 1.82) is 0 Å². The molecule has 156 valence electrons. The molecule has 2 aromatic carbocycles. The van der Waals surface area contributed by atoms with Crippen LogP contribution in [0.3, 0.4) is 0 Å². The number of hydrogen-bond donors (Lipinski definition) is 2. The summed E-state index contributed by atoms with van der Waals surface area (Å²) in [6.45, 7) is 5.61. The van der Waals surface area contributed by atoms with E-state index in [0.29, 0.717) is 18.7 Å². The molecule has 0 spiro atoms. The Hall–Kier alpha value is -2.42. The molecule has 0 radical (unpaired) electrons. The summed E-state index contributed by atoms with van der Waals surface area (Å²) in [5, 5.41) is 5.29. The summed E-state index contributed by atoms with van der Waals surface area (Å²) in [6, 6.07) is 11.9. The van der Waals surface area contributed by atoms with Gasteiger partial charge >= 0.3 is 0 Å². The molecule has 2 amide bonds. The molecular formula is C20H24ClN3O4S. The van der Waals surface area contributed by atoms with Crippen LogP contribution in [0.1, 0.15) is 31.1 Å². The van der Waals surface area contributed by atoms with Crippen LogP contribution in [0.5, 0.6) is 0 Å². The average Bonchev–Trinajstić information content (AvgIpc) is 2.70. The van der Waals surface area contributed by atoms with E-state index in [2.05, 4.69) is 10.6 Å². The molecule has 0 aromatic heterocycles. The molecule has 2 N–H and O–H groups in total. The lowest BCUT2D eigenvalue weighted by molar-refractivity contribution is -0.117. The van der Waals surface area contributed by atoms with Gasteiger partial charge in [-0.2, -0.15) is 4.31 Å². The first-order valence-electron chi connectivity index (χ1n) is 9.17. The molecule has 9 heteroatoms. The molecule has 0 aliphatic carbocycles. The highest BCUT2D eigenvalue weighted by Gasteiger charge is 2.25. The highest BCUT2D eigenvalue weighted by atomic mass is 35.5. The molecule has 0 saturated heterocycles. The third kappa shape index (κ3) is 5.56. The van der Waals surface area contributed by atoms with Crippen LogP contribution in [-0.2, 0) is 14.8 Å². The third-order valence-electron chi connectivity index (χ3n) is 4.30. The number of hydrogen-bond acceptors (Lipinski definition) is 4. The van der Waals surface area contributed by atoms with Crippen LogP contribution in [0, 0.1) is 0 Å². The summed E-state index contributed by atoms with van der Waals surface area (Å²) in [5.74, 6) is -0.864. The molecule has 0 heterocycles. The molecule has 0 aliphatic rings. The van der Waals surface area contributed by atoms with E-state index in [1.807, 2.05) is 0 Å². The fraction of sp³-hybridized carbons (Fsp3) is 0.300. The van der Waals surface area contributed by atoms with Gasteiger partial charge < -0.3 is 10.6 Å². The van der Waals surface area contributed by atoms with Crippen LogP contribution in [0.25, 0.3) is 0 Å². The van der Waals surface area contributed by atoms with Crippen molar-refractivity contribution in [3.63, 3.8) is 0 Å². The number of halogens is 1. The van der Waals surface area contributed by atoms with E-state index in [0.717, 1.165) is 0 Å². The van der Waals surface area contributed by atoms with Gasteiger partial charge in [-0.1, -0.05) is 43.6 Å². The largest absolute Gasteiger partial charge is 0.341 e. The van der Waals surface area contributed by atoms with Gasteiger partial charge in [0.05, 0.1) is 5.02 Å². The first kappa shape index (κ1) is 22.9. The van der Waals surface area contributed by atoms with Crippen molar-refractivity contribution in [2.24, 2.45) is 0 Å². The van der Waals surface area contributed by atoms with Gasteiger partial charge in [-0.3, -0.25) is 9.59 Å². The van der Waals surface area contributed by atoms with Crippen molar-refractivity contribution in [2.45, 2.75) is 31.7 Å². The topological polar surface area (TPSA) is 95.6 Å². The van der Waals surface area contributed by atoms with Gasteiger partial charge in [0.15, 0.2) is 0 Å². The first-order chi connectivity index (χ1) is 13.7. The number of nitrogens with zero attached hydrogens (tertiary/aromatic N) is 1. The number of carbonyl (C=O) groups is 2. The number of amides is 2. The zero-order valence-corrected chi connectivity index (χ0v) is 18.0. The maximum absolute atomic E-state index is 12.8. The van der Waals surface area contributed by atoms with Crippen molar-refractivity contribution in [3.8, 4) is 0 Å². The summed E-state index contributed by atoms with van der Waals surface area (Å²) in [5.41, 5.74) is 0.706. The Labute approximate surface area is 176 Å². The summed E-state index contributed by atoms with van der Waals surface area (Å²) in [6.07, 6.45) is 0. The van der Waals surface area contributed by atoms with Crippen molar-refractivity contribution in [1.82, 2.24) is 9.62 Å². The molecule has 2 rings (SSSR count). The molecule has 0 bridgehead atoms. The summed E-state index contributed by atoms with van der Waals surface area (Å²) < 4.78 is 26.8. The SMILES string of the molecule is CCN(CC)S(=O)(=O)c1cc(NC(=O)C(C)NC(=O)c2ccccc2)ccc1Cl. The first-order valence-corrected chi connectivity index (χ1v) is 11.0. The number of anilines is 1. The van der Waals surface area contributed by atoms with E-state index in [1.54, 1.807) is 51.1 Å². The standard InChI is InChI=1S/C20H24ClN3O4S/c1-4-24(5-2)29(27,28)18-13-16(11-12-17(18)21)23-19(25)14(3)22-20(26)15-9-7-6-8-10-15/h6-14H,4-5H2,1-3H3,(H,22,26)(H,23,25). The van der Waals surface area contributed by atoms with Gasteiger partial charge in [0.2, 0.25) is 15.9 Å². The molecule has 0 saturated carbocycles. The minimum atomic E-state index is -3.79. The third-order valence-corrected chi connectivity index (χ3v) is 6.83. The molecule has 7 nitrogen and oxygen atoms in total. The Balaban J connectivity index is 2.15. The van der Waals surface area contributed by atoms with Crippen LogP contribution in [0.2, 0.25) is 5.02 Å². The lowest BCUT2D eigenvalue weighted by Gasteiger charge is -2.20. The Morgan fingerprint density at radius 1 is 1.07 bits per heavy atom. The van der Waals surface area contributed by atoms with Crippen molar-refractivity contribution >= 4 is 39.1 Å². The molecule has 0 aliphatic heterocycles. The molecule has 29 heavy (non-hydrogen) atoms. The number of rotatable bonds is 8. The van der Waals surface area contributed by atoms with Gasteiger partial charge in [-0.05, 0) is 37.3 Å².